The number of rotatable bonds is 5. The summed E-state index contributed by atoms with van der Waals surface area (Å²) in [6, 6.07) is 13.0. The van der Waals surface area contributed by atoms with Crippen molar-refractivity contribution in [3.63, 3.8) is 0 Å². The number of fused-ring (bicyclic) bond motifs is 1. The highest BCUT2D eigenvalue weighted by Crippen LogP contribution is 2.22. The normalized spacial score (nSPS) is 13.3. The Labute approximate surface area is 147 Å². The Bertz CT molecular complexity index is 1010. The van der Waals surface area contributed by atoms with Gasteiger partial charge in [-0.15, -0.1) is 0 Å². The Morgan fingerprint density at radius 1 is 1.08 bits per heavy atom. The molecule has 2 aromatic carbocycles. The molecule has 0 aliphatic rings. The van der Waals surface area contributed by atoms with E-state index in [1.807, 2.05) is 24.5 Å². The second kappa shape index (κ2) is 6.61. The molecule has 0 radical (unpaired) electrons. The zero-order valence-electron chi connectivity index (χ0n) is 14.4. The van der Waals surface area contributed by atoms with Gasteiger partial charge in [0.25, 0.3) is 10.1 Å². The van der Waals surface area contributed by atoms with Gasteiger partial charge in [-0.1, -0.05) is 17.7 Å². The molecule has 0 bridgehead atoms. The average molecular weight is 361 g/mol. The monoisotopic (exact) mass is 361 g/mol. The number of aromatic nitrogens is 1. The molecule has 6 heteroatoms. The van der Waals surface area contributed by atoms with Crippen molar-refractivity contribution in [3.8, 4) is 0 Å². The summed E-state index contributed by atoms with van der Waals surface area (Å²) in [5, 5.41) is 0.783. The Morgan fingerprint density at radius 3 is 2.44 bits per heavy atom. The third-order valence-electron chi connectivity index (χ3n) is 4.11. The van der Waals surface area contributed by atoms with Gasteiger partial charge in [-0.2, -0.15) is 8.42 Å². The molecule has 3 aromatic rings. The van der Waals surface area contributed by atoms with Crippen molar-refractivity contribution in [1.29, 1.82) is 0 Å². The second-order valence-corrected chi connectivity index (χ2v) is 7.85. The SMILES string of the molecule is Cc1ccc(S(=O)(=O)OC(C)Cn2c(C)cc3cc(F)ccc32)cc1. The van der Waals surface area contributed by atoms with Crippen LogP contribution in [0.25, 0.3) is 10.9 Å². The summed E-state index contributed by atoms with van der Waals surface area (Å²) in [4.78, 5) is 0.140. The van der Waals surface area contributed by atoms with E-state index in [9.17, 15) is 12.8 Å². The van der Waals surface area contributed by atoms with Crippen LogP contribution < -0.4 is 0 Å². The lowest BCUT2D eigenvalue weighted by molar-refractivity contribution is 0.208. The third kappa shape index (κ3) is 3.75. The molecule has 1 aromatic heterocycles. The van der Waals surface area contributed by atoms with Crippen LogP contribution in [0, 0.1) is 19.7 Å². The van der Waals surface area contributed by atoms with Crippen molar-refractivity contribution in [3.05, 3.63) is 65.6 Å². The quantitative estimate of drug-likeness (QED) is 0.640. The van der Waals surface area contributed by atoms with E-state index in [1.54, 1.807) is 25.1 Å². The van der Waals surface area contributed by atoms with E-state index in [2.05, 4.69) is 0 Å². The fraction of sp³-hybridized carbons (Fsp3) is 0.263. The first kappa shape index (κ1) is 17.6. The molecule has 25 heavy (non-hydrogen) atoms. The van der Waals surface area contributed by atoms with Crippen molar-refractivity contribution in [2.24, 2.45) is 0 Å². The smallest absolute Gasteiger partial charge is 0.297 e. The van der Waals surface area contributed by atoms with Crippen LogP contribution in [0.3, 0.4) is 0 Å². The van der Waals surface area contributed by atoms with E-state index in [4.69, 9.17) is 4.18 Å². The van der Waals surface area contributed by atoms with E-state index < -0.39 is 16.2 Å². The number of hydrogen-bond acceptors (Lipinski definition) is 3. The number of aryl methyl sites for hydroxylation is 2. The molecule has 132 valence electrons. The van der Waals surface area contributed by atoms with Crippen molar-refractivity contribution in [2.75, 3.05) is 0 Å². The van der Waals surface area contributed by atoms with Crippen LogP contribution >= 0.6 is 0 Å². The topological polar surface area (TPSA) is 48.3 Å². The van der Waals surface area contributed by atoms with Crippen LogP contribution in [0.4, 0.5) is 4.39 Å². The summed E-state index contributed by atoms with van der Waals surface area (Å²) in [6.45, 7) is 5.86. The molecular formula is C19H20FNO3S. The third-order valence-corrected chi connectivity index (χ3v) is 5.54. The summed E-state index contributed by atoms with van der Waals surface area (Å²) in [5.41, 5.74) is 2.75. The highest BCUT2D eigenvalue weighted by molar-refractivity contribution is 7.86. The predicted molar refractivity (Wildman–Crippen MR) is 95.5 cm³/mol. The highest BCUT2D eigenvalue weighted by Gasteiger charge is 2.20. The zero-order chi connectivity index (χ0) is 18.2. The lowest BCUT2D eigenvalue weighted by Crippen LogP contribution is -2.21. The molecule has 1 heterocycles. The second-order valence-electron chi connectivity index (χ2n) is 6.27. The highest BCUT2D eigenvalue weighted by atomic mass is 32.2. The van der Waals surface area contributed by atoms with Crippen LogP contribution in [-0.4, -0.2) is 19.1 Å². The van der Waals surface area contributed by atoms with Gasteiger partial charge < -0.3 is 4.57 Å². The van der Waals surface area contributed by atoms with Gasteiger partial charge in [0.15, 0.2) is 0 Å². The van der Waals surface area contributed by atoms with Crippen LogP contribution in [0.2, 0.25) is 0 Å². The van der Waals surface area contributed by atoms with Crippen LogP contribution in [0.5, 0.6) is 0 Å². The molecule has 0 spiro atoms. The first-order chi connectivity index (χ1) is 11.8. The molecule has 1 unspecified atom stereocenters. The van der Waals surface area contributed by atoms with Gasteiger partial charge in [0.2, 0.25) is 0 Å². The summed E-state index contributed by atoms with van der Waals surface area (Å²) in [5.74, 6) is -0.295. The van der Waals surface area contributed by atoms with Gasteiger partial charge in [-0.3, -0.25) is 4.18 Å². The molecule has 0 saturated carbocycles. The molecule has 0 aliphatic heterocycles. The van der Waals surface area contributed by atoms with Crippen molar-refractivity contribution in [2.45, 2.75) is 38.3 Å². The average Bonchev–Trinajstić information content (AvgIpc) is 2.82. The van der Waals surface area contributed by atoms with E-state index in [0.717, 1.165) is 22.2 Å². The molecular weight excluding hydrogens is 341 g/mol. The molecule has 3 rings (SSSR count). The van der Waals surface area contributed by atoms with Crippen LogP contribution in [-0.2, 0) is 20.8 Å². The fourth-order valence-electron chi connectivity index (χ4n) is 2.89. The van der Waals surface area contributed by atoms with Gasteiger partial charge in [0, 0.05) is 16.6 Å². The molecule has 0 fully saturated rings. The summed E-state index contributed by atoms with van der Waals surface area (Å²) < 4.78 is 45.4. The van der Waals surface area contributed by atoms with Gasteiger partial charge in [-0.05, 0) is 57.2 Å². The first-order valence-corrected chi connectivity index (χ1v) is 9.42. The molecule has 4 nitrogen and oxygen atoms in total. The molecule has 0 N–H and O–H groups in total. The number of nitrogens with zero attached hydrogens (tertiary/aromatic N) is 1. The van der Waals surface area contributed by atoms with Crippen molar-refractivity contribution < 1.29 is 17.0 Å². The molecule has 0 saturated heterocycles. The Hall–Kier alpha value is -2.18. The number of halogens is 1. The van der Waals surface area contributed by atoms with Gasteiger partial charge in [-0.25, -0.2) is 4.39 Å². The van der Waals surface area contributed by atoms with Gasteiger partial charge in [0.1, 0.15) is 5.82 Å². The van der Waals surface area contributed by atoms with Crippen molar-refractivity contribution in [1.82, 2.24) is 4.57 Å². The minimum atomic E-state index is -3.83. The Kier molecular flexibility index (Phi) is 4.67. The van der Waals surface area contributed by atoms with Crippen molar-refractivity contribution >= 4 is 21.0 Å². The lowest BCUT2D eigenvalue weighted by Gasteiger charge is -2.16. The van der Waals surface area contributed by atoms with E-state index in [-0.39, 0.29) is 10.7 Å². The maximum absolute atomic E-state index is 13.4. The van der Waals surface area contributed by atoms with E-state index in [0.29, 0.717) is 6.54 Å². The fourth-order valence-corrected chi connectivity index (χ4v) is 3.96. The molecule has 0 amide bonds. The summed E-state index contributed by atoms with van der Waals surface area (Å²) >= 11 is 0. The summed E-state index contributed by atoms with van der Waals surface area (Å²) in [7, 11) is -3.83. The molecule has 0 aliphatic carbocycles. The minimum absolute atomic E-state index is 0.140. The zero-order valence-corrected chi connectivity index (χ0v) is 15.2. The lowest BCUT2D eigenvalue weighted by atomic mass is 10.2. The first-order valence-electron chi connectivity index (χ1n) is 8.01. The predicted octanol–water partition coefficient (Wildman–Crippen LogP) is 4.19. The standard InChI is InChI=1S/C19H20FNO3S/c1-13-4-7-18(8-5-13)25(22,23)24-15(3)12-21-14(2)10-16-11-17(20)6-9-19(16)21/h4-11,15H,12H2,1-3H3. The Morgan fingerprint density at radius 2 is 1.76 bits per heavy atom. The van der Waals surface area contributed by atoms with Crippen LogP contribution in [0.15, 0.2) is 53.4 Å². The Balaban J connectivity index is 1.82. The van der Waals surface area contributed by atoms with Gasteiger partial charge >= 0.3 is 0 Å². The molecule has 1 atom stereocenters. The van der Waals surface area contributed by atoms with Gasteiger partial charge in [0.05, 0.1) is 17.5 Å². The largest absolute Gasteiger partial charge is 0.342 e. The maximum Gasteiger partial charge on any atom is 0.297 e. The summed E-state index contributed by atoms with van der Waals surface area (Å²) in [6.07, 6.45) is -0.564. The van der Waals surface area contributed by atoms with E-state index in [1.165, 1.54) is 24.3 Å². The number of hydrogen-bond donors (Lipinski definition) is 0. The van der Waals surface area contributed by atoms with E-state index >= 15 is 0 Å². The number of benzene rings is 2. The minimum Gasteiger partial charge on any atom is -0.342 e. The maximum atomic E-state index is 13.4. The van der Waals surface area contributed by atoms with Crippen LogP contribution in [0.1, 0.15) is 18.2 Å².